The van der Waals surface area contributed by atoms with Gasteiger partial charge in [0.05, 0.1) is 6.61 Å². The maximum atomic E-state index is 13.5. The molecule has 0 unspecified atom stereocenters. The first-order chi connectivity index (χ1) is 10.8. The van der Waals surface area contributed by atoms with E-state index in [0.717, 1.165) is 11.1 Å². The average molecular weight is 345 g/mol. The Bertz CT molecular complexity index is 792. The minimum Gasteiger partial charge on any atom is -0.392 e. The second-order valence-electron chi connectivity index (χ2n) is 4.80. The van der Waals surface area contributed by atoms with Gasteiger partial charge in [0.2, 0.25) is 10.0 Å². The first-order valence-corrected chi connectivity index (χ1v) is 8.15. The predicted octanol–water partition coefficient (Wildman–Crippen LogP) is 2.12. The molecular weight excluding hydrogens is 331 g/mol. The number of nitrogens with one attached hydrogen (secondary N) is 1. The number of hydrogen-bond acceptors (Lipinski definition) is 3. The molecule has 0 aliphatic carbocycles. The fourth-order valence-electron chi connectivity index (χ4n) is 1.93. The van der Waals surface area contributed by atoms with Gasteiger partial charge in [-0.25, -0.2) is 26.3 Å². The highest BCUT2D eigenvalue weighted by atomic mass is 32.2. The van der Waals surface area contributed by atoms with Crippen molar-refractivity contribution in [1.29, 1.82) is 0 Å². The van der Waals surface area contributed by atoms with E-state index in [0.29, 0.717) is 18.6 Å². The van der Waals surface area contributed by atoms with Crippen molar-refractivity contribution in [3.05, 3.63) is 65.0 Å². The third-order valence-corrected chi connectivity index (χ3v) is 4.68. The van der Waals surface area contributed by atoms with Gasteiger partial charge in [0.15, 0.2) is 17.5 Å². The Morgan fingerprint density at radius 3 is 2.13 bits per heavy atom. The Balaban J connectivity index is 2.05. The van der Waals surface area contributed by atoms with Crippen LogP contribution in [0.3, 0.4) is 0 Å². The zero-order chi connectivity index (χ0) is 17.0. The zero-order valence-corrected chi connectivity index (χ0v) is 12.7. The van der Waals surface area contributed by atoms with Crippen molar-refractivity contribution in [1.82, 2.24) is 4.72 Å². The van der Waals surface area contributed by atoms with Gasteiger partial charge in [0.1, 0.15) is 4.90 Å². The molecule has 2 N–H and O–H groups in total. The van der Waals surface area contributed by atoms with E-state index < -0.39 is 32.4 Å². The van der Waals surface area contributed by atoms with Gasteiger partial charge in [-0.3, -0.25) is 0 Å². The summed E-state index contributed by atoms with van der Waals surface area (Å²) >= 11 is 0. The van der Waals surface area contributed by atoms with Gasteiger partial charge in [-0.05, 0) is 29.7 Å². The molecule has 0 saturated carbocycles. The molecule has 2 aromatic rings. The minimum absolute atomic E-state index is 0.0424. The van der Waals surface area contributed by atoms with Crippen molar-refractivity contribution in [2.24, 2.45) is 0 Å². The van der Waals surface area contributed by atoms with Crippen molar-refractivity contribution >= 4 is 10.0 Å². The summed E-state index contributed by atoms with van der Waals surface area (Å²) in [6.07, 6.45) is 0.316. The highest BCUT2D eigenvalue weighted by molar-refractivity contribution is 7.89. The first-order valence-electron chi connectivity index (χ1n) is 6.67. The standard InChI is InChI=1S/C15H14F3NO3S/c16-12-5-6-13(15(18)14(12)17)23(21,22)19-8-7-10-1-3-11(9-20)4-2-10/h1-6,19-20H,7-9H2. The second-order valence-corrected chi connectivity index (χ2v) is 6.53. The lowest BCUT2D eigenvalue weighted by Crippen LogP contribution is -2.27. The summed E-state index contributed by atoms with van der Waals surface area (Å²) in [5, 5.41) is 8.92. The van der Waals surface area contributed by atoms with Crippen molar-refractivity contribution in [3.63, 3.8) is 0 Å². The maximum Gasteiger partial charge on any atom is 0.243 e. The molecule has 23 heavy (non-hydrogen) atoms. The second kappa shape index (κ2) is 7.12. The maximum absolute atomic E-state index is 13.5. The molecule has 0 aromatic heterocycles. The normalized spacial score (nSPS) is 11.7. The monoisotopic (exact) mass is 345 g/mol. The van der Waals surface area contributed by atoms with Crippen LogP contribution in [0.5, 0.6) is 0 Å². The van der Waals surface area contributed by atoms with E-state index >= 15 is 0 Å². The van der Waals surface area contributed by atoms with Gasteiger partial charge in [-0.1, -0.05) is 24.3 Å². The lowest BCUT2D eigenvalue weighted by molar-refractivity contribution is 0.282. The summed E-state index contributed by atoms with van der Waals surface area (Å²) in [6.45, 7) is -0.137. The summed E-state index contributed by atoms with van der Waals surface area (Å²) in [6, 6.07) is 8.06. The third kappa shape index (κ3) is 4.10. The molecule has 0 radical (unpaired) electrons. The number of sulfonamides is 1. The molecule has 124 valence electrons. The van der Waals surface area contributed by atoms with Crippen LogP contribution in [0.15, 0.2) is 41.3 Å². The molecule has 2 rings (SSSR count). The molecule has 4 nitrogen and oxygen atoms in total. The summed E-state index contributed by atoms with van der Waals surface area (Å²) in [5.41, 5.74) is 1.52. The molecule has 0 aliphatic rings. The molecule has 0 amide bonds. The summed E-state index contributed by atoms with van der Waals surface area (Å²) < 4.78 is 65.5. The highest BCUT2D eigenvalue weighted by Gasteiger charge is 2.23. The Morgan fingerprint density at radius 1 is 0.913 bits per heavy atom. The van der Waals surface area contributed by atoms with Crippen LogP contribution < -0.4 is 4.72 Å². The van der Waals surface area contributed by atoms with E-state index in [2.05, 4.69) is 4.72 Å². The topological polar surface area (TPSA) is 66.4 Å². The molecule has 2 aromatic carbocycles. The lowest BCUT2D eigenvalue weighted by Gasteiger charge is -2.09. The zero-order valence-electron chi connectivity index (χ0n) is 11.9. The van der Waals surface area contributed by atoms with Crippen LogP contribution in [0.25, 0.3) is 0 Å². The fraction of sp³-hybridized carbons (Fsp3) is 0.200. The molecule has 0 atom stereocenters. The SMILES string of the molecule is O=S(=O)(NCCc1ccc(CO)cc1)c1ccc(F)c(F)c1F. The van der Waals surface area contributed by atoms with Gasteiger partial charge in [-0.2, -0.15) is 0 Å². The smallest absolute Gasteiger partial charge is 0.243 e. The van der Waals surface area contributed by atoms with Crippen LogP contribution in [0, 0.1) is 17.5 Å². The van der Waals surface area contributed by atoms with Crippen LogP contribution in [0.4, 0.5) is 13.2 Å². The van der Waals surface area contributed by atoms with Crippen molar-refractivity contribution in [3.8, 4) is 0 Å². The molecule has 0 bridgehead atoms. The summed E-state index contributed by atoms with van der Waals surface area (Å²) in [5.74, 6) is -5.03. The number of halogens is 3. The van der Waals surface area contributed by atoms with E-state index in [1.54, 1.807) is 24.3 Å². The number of aliphatic hydroxyl groups excluding tert-OH is 1. The van der Waals surface area contributed by atoms with Crippen molar-refractivity contribution < 1.29 is 26.7 Å². The van der Waals surface area contributed by atoms with Gasteiger partial charge in [0.25, 0.3) is 0 Å². The third-order valence-electron chi connectivity index (χ3n) is 3.20. The van der Waals surface area contributed by atoms with Gasteiger partial charge in [-0.15, -0.1) is 0 Å². The lowest BCUT2D eigenvalue weighted by atomic mass is 10.1. The quantitative estimate of drug-likeness (QED) is 0.788. The Hall–Kier alpha value is -1.90. The summed E-state index contributed by atoms with van der Waals surface area (Å²) in [7, 11) is -4.28. The summed E-state index contributed by atoms with van der Waals surface area (Å²) in [4.78, 5) is -0.938. The van der Waals surface area contributed by atoms with Crippen LogP contribution in [-0.4, -0.2) is 20.1 Å². The number of hydrogen-bond donors (Lipinski definition) is 2. The highest BCUT2D eigenvalue weighted by Crippen LogP contribution is 2.19. The number of benzene rings is 2. The van der Waals surface area contributed by atoms with Crippen LogP contribution >= 0.6 is 0 Å². The largest absolute Gasteiger partial charge is 0.392 e. The minimum atomic E-state index is -4.28. The van der Waals surface area contributed by atoms with Gasteiger partial charge in [0, 0.05) is 6.54 Å². The van der Waals surface area contributed by atoms with Gasteiger partial charge >= 0.3 is 0 Å². The molecule has 0 heterocycles. The predicted molar refractivity (Wildman–Crippen MR) is 77.6 cm³/mol. The van der Waals surface area contributed by atoms with Crippen molar-refractivity contribution in [2.75, 3.05) is 6.54 Å². The first kappa shape index (κ1) is 17.5. The molecule has 0 aliphatic heterocycles. The van der Waals surface area contributed by atoms with Crippen LogP contribution in [-0.2, 0) is 23.1 Å². The number of aliphatic hydroxyl groups is 1. The molecule has 0 fully saturated rings. The Labute approximate surface area is 131 Å². The Morgan fingerprint density at radius 2 is 1.52 bits per heavy atom. The van der Waals surface area contributed by atoms with E-state index in [9.17, 15) is 21.6 Å². The van der Waals surface area contributed by atoms with E-state index in [-0.39, 0.29) is 13.2 Å². The van der Waals surface area contributed by atoms with E-state index in [4.69, 9.17) is 5.11 Å². The number of rotatable bonds is 6. The molecule has 0 spiro atoms. The molecular formula is C15H14F3NO3S. The molecule has 8 heteroatoms. The average Bonchev–Trinajstić information content (AvgIpc) is 2.53. The van der Waals surface area contributed by atoms with Crippen molar-refractivity contribution in [2.45, 2.75) is 17.9 Å². The fourth-order valence-corrected chi connectivity index (χ4v) is 3.03. The van der Waals surface area contributed by atoms with E-state index in [1.807, 2.05) is 0 Å². The van der Waals surface area contributed by atoms with Crippen LogP contribution in [0.1, 0.15) is 11.1 Å². The Kier molecular flexibility index (Phi) is 5.40. The molecule has 0 saturated heterocycles. The van der Waals surface area contributed by atoms with E-state index in [1.165, 1.54) is 0 Å². The van der Waals surface area contributed by atoms with Crippen LogP contribution in [0.2, 0.25) is 0 Å². The van der Waals surface area contributed by atoms with Gasteiger partial charge < -0.3 is 5.11 Å².